The molecular weight excluding hydrogens is 231 g/mol. The maximum atomic E-state index is 12.4. The van der Waals surface area contributed by atoms with Crippen molar-refractivity contribution >= 4 is 0 Å². The van der Waals surface area contributed by atoms with E-state index in [0.29, 0.717) is 12.2 Å². The van der Waals surface area contributed by atoms with Crippen LogP contribution in [0.1, 0.15) is 12.0 Å². The molecule has 0 saturated heterocycles. The Morgan fingerprint density at radius 1 is 1.24 bits per heavy atom. The number of halogens is 3. The van der Waals surface area contributed by atoms with Crippen LogP contribution < -0.4 is 10.5 Å². The van der Waals surface area contributed by atoms with Gasteiger partial charge in [-0.25, -0.2) is 0 Å². The van der Waals surface area contributed by atoms with E-state index in [9.17, 15) is 13.2 Å². The van der Waals surface area contributed by atoms with Crippen molar-refractivity contribution in [3.63, 3.8) is 0 Å². The summed E-state index contributed by atoms with van der Waals surface area (Å²) in [5.41, 5.74) is 5.98. The molecule has 17 heavy (non-hydrogen) atoms. The molecule has 0 radical (unpaired) electrons. The van der Waals surface area contributed by atoms with Crippen molar-refractivity contribution < 1.29 is 17.9 Å². The molecule has 0 amide bonds. The summed E-state index contributed by atoms with van der Waals surface area (Å²) in [7, 11) is 1.54. The molecule has 0 bridgehead atoms. The van der Waals surface area contributed by atoms with Crippen LogP contribution in [0.5, 0.6) is 5.75 Å². The summed E-state index contributed by atoms with van der Waals surface area (Å²) in [6, 6.07) is 7.01. The Kier molecular flexibility index (Phi) is 4.81. The Morgan fingerprint density at radius 3 is 2.24 bits per heavy atom. The molecule has 2 nitrogen and oxygen atoms in total. The van der Waals surface area contributed by atoms with Crippen LogP contribution in [0.2, 0.25) is 0 Å². The highest BCUT2D eigenvalue weighted by Crippen LogP contribution is 2.29. The van der Waals surface area contributed by atoms with Crippen LogP contribution in [-0.4, -0.2) is 19.8 Å². The van der Waals surface area contributed by atoms with Gasteiger partial charge in [0.25, 0.3) is 0 Å². The zero-order valence-corrected chi connectivity index (χ0v) is 9.63. The number of aryl methyl sites for hydroxylation is 1. The van der Waals surface area contributed by atoms with Crippen molar-refractivity contribution in [3.8, 4) is 5.75 Å². The van der Waals surface area contributed by atoms with Gasteiger partial charge in [-0.15, -0.1) is 0 Å². The Morgan fingerprint density at radius 2 is 1.82 bits per heavy atom. The maximum absolute atomic E-state index is 12.4. The summed E-state index contributed by atoms with van der Waals surface area (Å²) < 4.78 is 42.3. The number of alkyl halides is 3. The lowest BCUT2D eigenvalue weighted by Crippen LogP contribution is -2.30. The van der Waals surface area contributed by atoms with Crippen molar-refractivity contribution in [1.29, 1.82) is 0 Å². The van der Waals surface area contributed by atoms with Gasteiger partial charge in [-0.05, 0) is 30.5 Å². The Hall–Kier alpha value is -1.23. The molecule has 5 heteroatoms. The zero-order valence-electron chi connectivity index (χ0n) is 9.63. The topological polar surface area (TPSA) is 35.2 Å². The first-order valence-electron chi connectivity index (χ1n) is 5.37. The summed E-state index contributed by atoms with van der Waals surface area (Å²) in [5.74, 6) is -0.732. The van der Waals surface area contributed by atoms with Crippen molar-refractivity contribution in [2.45, 2.75) is 19.0 Å². The minimum Gasteiger partial charge on any atom is -0.497 e. The molecule has 0 saturated carbocycles. The highest BCUT2D eigenvalue weighted by Gasteiger charge is 2.37. The number of hydrogen-bond acceptors (Lipinski definition) is 2. The van der Waals surface area contributed by atoms with Crippen LogP contribution in [0.4, 0.5) is 13.2 Å². The molecule has 0 spiro atoms. The van der Waals surface area contributed by atoms with Crippen LogP contribution in [0.3, 0.4) is 0 Å². The van der Waals surface area contributed by atoms with Crippen molar-refractivity contribution in [3.05, 3.63) is 29.8 Å². The van der Waals surface area contributed by atoms with E-state index in [1.54, 1.807) is 31.4 Å². The lowest BCUT2D eigenvalue weighted by atomic mass is 9.99. The molecule has 1 rings (SSSR count). The average molecular weight is 247 g/mol. The molecule has 1 aromatic carbocycles. The SMILES string of the molecule is COc1ccc(CCC(CN)C(F)(F)F)cc1. The predicted molar refractivity (Wildman–Crippen MR) is 59.9 cm³/mol. The molecule has 0 aliphatic heterocycles. The Bertz CT molecular complexity index is 335. The van der Waals surface area contributed by atoms with Gasteiger partial charge in [0.05, 0.1) is 13.0 Å². The fourth-order valence-corrected chi connectivity index (χ4v) is 1.55. The van der Waals surface area contributed by atoms with Crippen LogP contribution in [0.25, 0.3) is 0 Å². The van der Waals surface area contributed by atoms with Crippen LogP contribution >= 0.6 is 0 Å². The smallest absolute Gasteiger partial charge is 0.393 e. The fourth-order valence-electron chi connectivity index (χ4n) is 1.55. The van der Waals surface area contributed by atoms with Crippen LogP contribution in [0, 0.1) is 5.92 Å². The number of ether oxygens (including phenoxy) is 1. The molecule has 96 valence electrons. The van der Waals surface area contributed by atoms with Crippen LogP contribution in [-0.2, 0) is 6.42 Å². The number of nitrogens with two attached hydrogens (primary N) is 1. The molecule has 2 N–H and O–H groups in total. The number of methoxy groups -OCH3 is 1. The summed E-state index contributed by atoms with van der Waals surface area (Å²) >= 11 is 0. The lowest BCUT2D eigenvalue weighted by molar-refractivity contribution is -0.173. The van der Waals surface area contributed by atoms with Gasteiger partial charge >= 0.3 is 6.18 Å². The first-order valence-corrected chi connectivity index (χ1v) is 5.37. The standard InChI is InChI=1S/C12H16F3NO/c1-17-11-6-3-9(4-7-11)2-5-10(8-16)12(13,14)15/h3-4,6-7,10H,2,5,8,16H2,1H3. The van der Waals surface area contributed by atoms with Crippen molar-refractivity contribution in [1.82, 2.24) is 0 Å². The minimum absolute atomic E-state index is 0.0202. The van der Waals surface area contributed by atoms with E-state index in [0.717, 1.165) is 5.56 Å². The quantitative estimate of drug-likeness (QED) is 0.868. The van der Waals surface area contributed by atoms with E-state index in [4.69, 9.17) is 10.5 Å². The molecule has 0 aromatic heterocycles. The van der Waals surface area contributed by atoms with Crippen molar-refractivity contribution in [2.75, 3.05) is 13.7 Å². The molecule has 1 aromatic rings. The van der Waals surface area contributed by atoms with Crippen LogP contribution in [0.15, 0.2) is 24.3 Å². The molecule has 0 aliphatic rings. The Balaban J connectivity index is 2.54. The maximum Gasteiger partial charge on any atom is 0.393 e. The molecular formula is C12H16F3NO. The van der Waals surface area contributed by atoms with Gasteiger partial charge in [-0.1, -0.05) is 12.1 Å². The third-order valence-electron chi connectivity index (χ3n) is 2.69. The van der Waals surface area contributed by atoms with Gasteiger partial charge in [-0.2, -0.15) is 13.2 Å². The lowest BCUT2D eigenvalue weighted by Gasteiger charge is -2.18. The Labute approximate surface area is 98.6 Å². The molecule has 0 heterocycles. The fraction of sp³-hybridized carbons (Fsp3) is 0.500. The van der Waals surface area contributed by atoms with E-state index in [1.165, 1.54) is 0 Å². The van der Waals surface area contributed by atoms with Gasteiger partial charge in [0.1, 0.15) is 5.75 Å². The number of rotatable bonds is 5. The van der Waals surface area contributed by atoms with E-state index in [1.807, 2.05) is 0 Å². The molecule has 0 fully saturated rings. The van der Waals surface area contributed by atoms with E-state index < -0.39 is 12.1 Å². The first-order chi connectivity index (χ1) is 7.97. The van der Waals surface area contributed by atoms with Gasteiger partial charge in [0.15, 0.2) is 0 Å². The molecule has 1 atom stereocenters. The summed E-state index contributed by atoms with van der Waals surface area (Å²) in [4.78, 5) is 0. The van der Waals surface area contributed by atoms with E-state index >= 15 is 0 Å². The van der Waals surface area contributed by atoms with Gasteiger partial charge in [0.2, 0.25) is 0 Å². The molecule has 0 aliphatic carbocycles. The van der Waals surface area contributed by atoms with Gasteiger partial charge in [0, 0.05) is 6.54 Å². The van der Waals surface area contributed by atoms with Crippen molar-refractivity contribution in [2.24, 2.45) is 11.7 Å². The highest BCUT2D eigenvalue weighted by molar-refractivity contribution is 5.27. The monoisotopic (exact) mass is 247 g/mol. The minimum atomic E-state index is -4.21. The first kappa shape index (κ1) is 13.8. The van der Waals surface area contributed by atoms with Gasteiger partial charge in [-0.3, -0.25) is 0 Å². The van der Waals surface area contributed by atoms with Gasteiger partial charge < -0.3 is 10.5 Å². The largest absolute Gasteiger partial charge is 0.497 e. The summed E-state index contributed by atoms with van der Waals surface area (Å²) in [6.07, 6.45) is -3.82. The number of hydrogen-bond donors (Lipinski definition) is 1. The molecule has 1 unspecified atom stereocenters. The number of benzene rings is 1. The highest BCUT2D eigenvalue weighted by atomic mass is 19.4. The van der Waals surface area contributed by atoms with E-state index in [-0.39, 0.29) is 13.0 Å². The third kappa shape index (κ3) is 4.26. The second kappa shape index (κ2) is 5.91. The normalized spacial score (nSPS) is 13.5. The second-order valence-electron chi connectivity index (χ2n) is 3.86. The summed E-state index contributed by atoms with van der Waals surface area (Å²) in [6.45, 7) is -0.361. The zero-order chi connectivity index (χ0) is 12.9. The summed E-state index contributed by atoms with van der Waals surface area (Å²) in [5, 5.41) is 0. The third-order valence-corrected chi connectivity index (χ3v) is 2.69. The second-order valence-corrected chi connectivity index (χ2v) is 3.86. The predicted octanol–water partition coefficient (Wildman–Crippen LogP) is 2.77. The van der Waals surface area contributed by atoms with E-state index in [2.05, 4.69) is 0 Å². The average Bonchev–Trinajstić information content (AvgIpc) is 2.29.